The van der Waals surface area contributed by atoms with E-state index in [1.54, 1.807) is 10.9 Å². The van der Waals surface area contributed by atoms with Crippen molar-refractivity contribution in [3.05, 3.63) is 60.9 Å². The number of hydrogen-bond acceptors (Lipinski definition) is 3. The van der Waals surface area contributed by atoms with E-state index >= 15 is 0 Å². The Kier molecular flexibility index (Phi) is 2.57. The van der Waals surface area contributed by atoms with Gasteiger partial charge in [-0.1, -0.05) is 18.2 Å². The van der Waals surface area contributed by atoms with Crippen molar-refractivity contribution in [1.82, 2.24) is 24.3 Å². The molecule has 5 nitrogen and oxygen atoms in total. The molecule has 21 heavy (non-hydrogen) atoms. The minimum absolute atomic E-state index is 0.782. The number of rotatable bonds is 2. The van der Waals surface area contributed by atoms with E-state index in [2.05, 4.69) is 25.7 Å². The summed E-state index contributed by atoms with van der Waals surface area (Å²) in [5, 5.41) is 4.21. The van der Waals surface area contributed by atoms with Crippen LogP contribution in [0.2, 0.25) is 0 Å². The first-order valence-corrected chi connectivity index (χ1v) is 6.72. The van der Waals surface area contributed by atoms with Gasteiger partial charge in [0, 0.05) is 19.4 Å². The first kappa shape index (κ1) is 11.8. The molecule has 0 radical (unpaired) electrons. The Bertz CT molecular complexity index is 905. The summed E-state index contributed by atoms with van der Waals surface area (Å²) in [5.41, 5.74) is 2.90. The van der Waals surface area contributed by atoms with Crippen molar-refractivity contribution in [3.63, 3.8) is 0 Å². The zero-order valence-electron chi connectivity index (χ0n) is 11.5. The number of imidazole rings is 1. The van der Waals surface area contributed by atoms with Crippen LogP contribution in [0, 0.1) is 0 Å². The maximum Gasteiger partial charge on any atom is 0.159 e. The Morgan fingerprint density at radius 3 is 2.62 bits per heavy atom. The van der Waals surface area contributed by atoms with Gasteiger partial charge in [0.05, 0.1) is 11.0 Å². The number of fused-ring (bicyclic) bond motifs is 1. The lowest BCUT2D eigenvalue weighted by atomic mass is 10.3. The minimum Gasteiger partial charge on any atom is -0.326 e. The molecule has 0 unspecified atom stereocenters. The van der Waals surface area contributed by atoms with Gasteiger partial charge in [-0.3, -0.25) is 0 Å². The third-order valence-corrected chi connectivity index (χ3v) is 3.49. The van der Waals surface area contributed by atoms with Crippen LogP contribution in [0.25, 0.3) is 28.4 Å². The van der Waals surface area contributed by atoms with Gasteiger partial charge in [0.2, 0.25) is 0 Å². The molecule has 0 aliphatic carbocycles. The summed E-state index contributed by atoms with van der Waals surface area (Å²) in [7, 11) is 2.01. The largest absolute Gasteiger partial charge is 0.326 e. The van der Waals surface area contributed by atoms with Gasteiger partial charge in [-0.15, -0.1) is 0 Å². The van der Waals surface area contributed by atoms with E-state index in [1.807, 2.05) is 55.7 Å². The summed E-state index contributed by atoms with van der Waals surface area (Å²) >= 11 is 0. The van der Waals surface area contributed by atoms with Gasteiger partial charge in [0.15, 0.2) is 11.6 Å². The number of para-hydroxylation sites is 2. The maximum absolute atomic E-state index is 4.68. The molecule has 0 saturated heterocycles. The van der Waals surface area contributed by atoms with Crippen LogP contribution in [0.1, 0.15) is 0 Å². The highest BCUT2D eigenvalue weighted by atomic mass is 15.3. The quantitative estimate of drug-likeness (QED) is 0.565. The zero-order chi connectivity index (χ0) is 14.2. The highest BCUT2D eigenvalue weighted by Gasteiger charge is 2.11. The second-order valence-corrected chi connectivity index (χ2v) is 4.81. The molecule has 0 fully saturated rings. The molecule has 0 saturated carbocycles. The van der Waals surface area contributed by atoms with Crippen LogP contribution in [0.15, 0.2) is 60.9 Å². The van der Waals surface area contributed by atoms with Crippen LogP contribution < -0.4 is 0 Å². The Hall–Kier alpha value is -2.95. The molecule has 3 aromatic heterocycles. The molecule has 0 bridgehead atoms. The van der Waals surface area contributed by atoms with Crippen molar-refractivity contribution in [2.45, 2.75) is 0 Å². The van der Waals surface area contributed by atoms with E-state index in [1.165, 1.54) is 0 Å². The summed E-state index contributed by atoms with van der Waals surface area (Å²) in [6.45, 7) is 0. The molecule has 0 N–H and O–H groups in total. The van der Waals surface area contributed by atoms with Crippen molar-refractivity contribution in [1.29, 1.82) is 0 Å². The van der Waals surface area contributed by atoms with Gasteiger partial charge in [-0.2, -0.15) is 5.10 Å². The molecule has 4 aromatic rings. The van der Waals surface area contributed by atoms with E-state index < -0.39 is 0 Å². The second-order valence-electron chi connectivity index (χ2n) is 4.81. The van der Waals surface area contributed by atoms with Crippen molar-refractivity contribution in [2.24, 2.45) is 7.05 Å². The average Bonchev–Trinajstić information content (AvgIpc) is 3.16. The van der Waals surface area contributed by atoms with E-state index in [0.717, 1.165) is 28.4 Å². The molecule has 0 atom stereocenters. The van der Waals surface area contributed by atoms with Gasteiger partial charge in [0.25, 0.3) is 0 Å². The molecule has 0 aliphatic heterocycles. The smallest absolute Gasteiger partial charge is 0.159 e. The average molecular weight is 275 g/mol. The number of hydrogen-bond donors (Lipinski definition) is 0. The molecule has 0 amide bonds. The normalized spacial score (nSPS) is 11.1. The van der Waals surface area contributed by atoms with E-state index in [9.17, 15) is 0 Å². The number of benzene rings is 1. The van der Waals surface area contributed by atoms with Gasteiger partial charge in [0.1, 0.15) is 5.69 Å². The molecule has 5 heteroatoms. The summed E-state index contributed by atoms with van der Waals surface area (Å²) in [4.78, 5) is 9.33. The van der Waals surface area contributed by atoms with E-state index in [-0.39, 0.29) is 0 Å². The Balaban J connectivity index is 1.89. The van der Waals surface area contributed by atoms with Gasteiger partial charge < -0.3 is 4.57 Å². The number of aryl methyl sites for hydroxylation is 1. The SMILES string of the molecule is Cn1c(-c2cccc(-n3cccn3)n2)nc2ccccc21. The molecule has 1 aromatic carbocycles. The molecular formula is C16H13N5. The topological polar surface area (TPSA) is 48.5 Å². The van der Waals surface area contributed by atoms with Crippen molar-refractivity contribution in [2.75, 3.05) is 0 Å². The minimum atomic E-state index is 0.782. The van der Waals surface area contributed by atoms with Gasteiger partial charge in [-0.25, -0.2) is 14.6 Å². The summed E-state index contributed by atoms with van der Waals surface area (Å²) < 4.78 is 3.80. The third-order valence-electron chi connectivity index (χ3n) is 3.49. The third kappa shape index (κ3) is 1.90. The molecule has 0 aliphatic rings. The van der Waals surface area contributed by atoms with Crippen LogP contribution in [0.5, 0.6) is 0 Å². The van der Waals surface area contributed by atoms with Crippen LogP contribution in [0.4, 0.5) is 0 Å². The van der Waals surface area contributed by atoms with Crippen molar-refractivity contribution < 1.29 is 0 Å². The number of aromatic nitrogens is 5. The summed E-state index contributed by atoms with van der Waals surface area (Å²) in [6, 6.07) is 15.8. The first-order chi connectivity index (χ1) is 10.3. The van der Waals surface area contributed by atoms with Gasteiger partial charge in [-0.05, 0) is 30.3 Å². The fraction of sp³-hybridized carbons (Fsp3) is 0.0625. The van der Waals surface area contributed by atoms with Crippen LogP contribution in [-0.4, -0.2) is 24.3 Å². The Labute approximate surface area is 121 Å². The highest BCUT2D eigenvalue weighted by Crippen LogP contribution is 2.22. The Morgan fingerprint density at radius 2 is 1.81 bits per heavy atom. The lowest BCUT2D eigenvalue weighted by molar-refractivity contribution is 0.844. The number of nitrogens with zero attached hydrogens (tertiary/aromatic N) is 5. The maximum atomic E-state index is 4.68. The van der Waals surface area contributed by atoms with Crippen molar-refractivity contribution >= 4 is 11.0 Å². The molecule has 4 rings (SSSR count). The lowest BCUT2D eigenvalue weighted by Crippen LogP contribution is -2.01. The number of pyridine rings is 1. The van der Waals surface area contributed by atoms with Crippen LogP contribution in [-0.2, 0) is 7.05 Å². The molecule has 0 spiro atoms. The lowest BCUT2D eigenvalue weighted by Gasteiger charge is -2.05. The predicted molar refractivity (Wildman–Crippen MR) is 81.1 cm³/mol. The fourth-order valence-corrected chi connectivity index (χ4v) is 2.45. The zero-order valence-corrected chi connectivity index (χ0v) is 11.5. The summed E-state index contributed by atoms with van der Waals surface area (Å²) in [5.74, 6) is 1.63. The van der Waals surface area contributed by atoms with Crippen molar-refractivity contribution in [3.8, 4) is 17.3 Å². The predicted octanol–water partition coefficient (Wildman–Crippen LogP) is 2.82. The standard InChI is InChI=1S/C16H13N5/c1-20-14-8-3-2-6-12(14)19-16(20)13-7-4-9-15(18-13)21-11-5-10-17-21/h2-11H,1H3. The molecule has 102 valence electrons. The second kappa shape index (κ2) is 4.56. The van der Waals surface area contributed by atoms with Crippen LogP contribution in [0.3, 0.4) is 0 Å². The van der Waals surface area contributed by atoms with Crippen LogP contribution >= 0.6 is 0 Å². The van der Waals surface area contributed by atoms with Gasteiger partial charge >= 0.3 is 0 Å². The fourth-order valence-electron chi connectivity index (χ4n) is 2.45. The summed E-state index contributed by atoms with van der Waals surface area (Å²) in [6.07, 6.45) is 3.62. The first-order valence-electron chi connectivity index (χ1n) is 6.72. The highest BCUT2D eigenvalue weighted by molar-refractivity contribution is 5.79. The molecule has 3 heterocycles. The van der Waals surface area contributed by atoms with E-state index in [4.69, 9.17) is 0 Å². The van der Waals surface area contributed by atoms with E-state index in [0.29, 0.717) is 0 Å². The molecular weight excluding hydrogens is 262 g/mol. The Morgan fingerprint density at radius 1 is 0.905 bits per heavy atom. The monoisotopic (exact) mass is 275 g/mol.